The molecule has 0 radical (unpaired) electrons. The van der Waals surface area contributed by atoms with Crippen molar-refractivity contribution in [2.45, 2.75) is 12.8 Å². The topological polar surface area (TPSA) is 19.7 Å². The first kappa shape index (κ1) is 43.1. The van der Waals surface area contributed by atoms with E-state index in [0.717, 1.165) is 35.6 Å². The maximum Gasteiger partial charge on any atom is 0.0541 e. The Morgan fingerprint density at radius 1 is 0.192 bits per heavy atom. The van der Waals surface area contributed by atoms with Crippen LogP contribution in [0.1, 0.15) is 11.1 Å². The van der Waals surface area contributed by atoms with Crippen LogP contribution in [-0.2, 0) is 12.8 Å². The zero-order valence-corrected chi connectivity index (χ0v) is 42.6. The van der Waals surface area contributed by atoms with Gasteiger partial charge in [-0.25, -0.2) is 0 Å². The molecule has 4 heteroatoms. The smallest absolute Gasteiger partial charge is 0.0541 e. The molecule has 17 rings (SSSR count). The van der Waals surface area contributed by atoms with E-state index < -0.39 is 0 Å². The van der Waals surface area contributed by atoms with Crippen molar-refractivity contribution in [1.29, 1.82) is 0 Å². The van der Waals surface area contributed by atoms with E-state index in [1.54, 1.807) is 0 Å². The van der Waals surface area contributed by atoms with Crippen LogP contribution >= 0.6 is 0 Å². The van der Waals surface area contributed by atoms with E-state index >= 15 is 0 Å². The van der Waals surface area contributed by atoms with Gasteiger partial charge < -0.3 is 18.3 Å². The van der Waals surface area contributed by atoms with Crippen LogP contribution in [0.5, 0.6) is 0 Å². The molecule has 1 aliphatic rings. The summed E-state index contributed by atoms with van der Waals surface area (Å²) >= 11 is 0. The molecule has 0 saturated carbocycles. The molecule has 0 amide bonds. The van der Waals surface area contributed by atoms with E-state index in [0.29, 0.717) is 0 Å². The van der Waals surface area contributed by atoms with Gasteiger partial charge in [0.1, 0.15) is 0 Å². The predicted molar refractivity (Wildman–Crippen MR) is 328 cm³/mol. The third kappa shape index (κ3) is 6.35. The number of hydrogen-bond donors (Lipinski definition) is 0. The fourth-order valence-corrected chi connectivity index (χ4v) is 13.6. The average molecular weight is 993 g/mol. The van der Waals surface area contributed by atoms with Crippen molar-refractivity contribution in [3.63, 3.8) is 0 Å². The molecular formula is C74H48N4. The molecule has 0 aliphatic heterocycles. The number of nitrogens with zero attached hydrogens (tertiary/aromatic N) is 4. The maximum absolute atomic E-state index is 2.47. The zero-order valence-electron chi connectivity index (χ0n) is 42.6. The second-order valence-electron chi connectivity index (χ2n) is 21.2. The Hall–Kier alpha value is -10.2. The second kappa shape index (κ2) is 16.7. The number of hydrogen-bond acceptors (Lipinski definition) is 0. The van der Waals surface area contributed by atoms with E-state index in [1.807, 2.05) is 0 Å². The molecule has 78 heavy (non-hydrogen) atoms. The average Bonchev–Trinajstić information content (AvgIpc) is 4.35. The highest BCUT2D eigenvalue weighted by Crippen LogP contribution is 2.43. The molecule has 0 saturated heterocycles. The van der Waals surface area contributed by atoms with Crippen molar-refractivity contribution in [3.05, 3.63) is 278 Å². The lowest BCUT2D eigenvalue weighted by Crippen LogP contribution is -2.05. The SMILES string of the molecule is c1ccc2c(c1)c1ccccc1n2-c1cc(-c2ccc3c(c2)CCc2cc(-c4cc(-n5c6ccccc6c6ccccc65)cc(-n5c6ccccc6c6ccccc65)c4)ccc2-3)cc(-n2c3ccccc3c3ccccc32)c1. The summed E-state index contributed by atoms with van der Waals surface area (Å²) in [4.78, 5) is 0. The van der Waals surface area contributed by atoms with E-state index in [9.17, 15) is 0 Å². The van der Waals surface area contributed by atoms with E-state index in [-0.39, 0.29) is 0 Å². The number of fused-ring (bicyclic) bond motifs is 15. The van der Waals surface area contributed by atoms with Crippen molar-refractivity contribution in [2.75, 3.05) is 0 Å². The van der Waals surface area contributed by atoms with Crippen molar-refractivity contribution >= 4 is 87.2 Å². The zero-order chi connectivity index (χ0) is 51.0. The second-order valence-corrected chi connectivity index (χ2v) is 21.2. The first-order valence-corrected chi connectivity index (χ1v) is 27.2. The van der Waals surface area contributed by atoms with Crippen LogP contribution in [0.3, 0.4) is 0 Å². The lowest BCUT2D eigenvalue weighted by atomic mass is 9.83. The molecule has 0 N–H and O–H groups in total. The van der Waals surface area contributed by atoms with Gasteiger partial charge >= 0.3 is 0 Å². The molecule has 0 spiro atoms. The Bertz CT molecular complexity index is 4370. The number of rotatable bonds is 6. The van der Waals surface area contributed by atoms with Gasteiger partial charge in [-0.05, 0) is 142 Å². The van der Waals surface area contributed by atoms with Gasteiger partial charge in [-0.1, -0.05) is 182 Å². The fraction of sp³-hybridized carbons (Fsp3) is 0.0270. The molecule has 0 unspecified atom stereocenters. The molecule has 16 aromatic rings. The lowest BCUT2D eigenvalue weighted by Gasteiger charge is -2.23. The van der Waals surface area contributed by atoms with E-state index in [1.165, 1.54) is 132 Å². The van der Waals surface area contributed by atoms with E-state index in [4.69, 9.17) is 0 Å². The summed E-state index contributed by atoms with van der Waals surface area (Å²) in [7, 11) is 0. The summed E-state index contributed by atoms with van der Waals surface area (Å²) in [5.74, 6) is 0. The highest BCUT2D eigenvalue weighted by Gasteiger charge is 2.23. The van der Waals surface area contributed by atoms with Crippen molar-refractivity contribution < 1.29 is 0 Å². The summed E-state index contributed by atoms with van der Waals surface area (Å²) in [6.45, 7) is 0. The number of aromatic nitrogens is 4. The van der Waals surface area contributed by atoms with Gasteiger partial charge in [-0.2, -0.15) is 0 Å². The first-order valence-electron chi connectivity index (χ1n) is 27.2. The molecule has 4 aromatic heterocycles. The highest BCUT2D eigenvalue weighted by atomic mass is 15.0. The summed E-state index contributed by atoms with van der Waals surface area (Å²) in [6.07, 6.45) is 1.92. The van der Waals surface area contributed by atoms with Crippen LogP contribution in [0.4, 0.5) is 0 Å². The highest BCUT2D eigenvalue weighted by molar-refractivity contribution is 6.13. The monoisotopic (exact) mass is 992 g/mol. The van der Waals surface area contributed by atoms with Crippen LogP contribution in [0, 0.1) is 0 Å². The third-order valence-electron chi connectivity index (χ3n) is 17.0. The molecule has 0 bridgehead atoms. The Kier molecular flexibility index (Phi) is 9.21. The van der Waals surface area contributed by atoms with Gasteiger partial charge in [0.05, 0.1) is 44.1 Å². The van der Waals surface area contributed by atoms with Crippen molar-refractivity contribution in [3.8, 4) is 56.1 Å². The van der Waals surface area contributed by atoms with Gasteiger partial charge in [-0.15, -0.1) is 0 Å². The summed E-state index contributed by atoms with van der Waals surface area (Å²) < 4.78 is 9.84. The summed E-state index contributed by atoms with van der Waals surface area (Å²) in [6, 6.07) is 99.5. The van der Waals surface area contributed by atoms with Gasteiger partial charge in [0.2, 0.25) is 0 Å². The molecule has 0 fully saturated rings. The van der Waals surface area contributed by atoms with Crippen LogP contribution in [-0.4, -0.2) is 18.3 Å². The van der Waals surface area contributed by atoms with Crippen LogP contribution in [0.15, 0.2) is 267 Å². The van der Waals surface area contributed by atoms with Gasteiger partial charge in [0, 0.05) is 65.8 Å². The summed E-state index contributed by atoms with van der Waals surface area (Å²) in [5.41, 5.74) is 24.4. The molecule has 4 nitrogen and oxygen atoms in total. The first-order chi connectivity index (χ1) is 38.7. The van der Waals surface area contributed by atoms with Crippen LogP contribution in [0.25, 0.3) is 143 Å². The normalized spacial score (nSPS) is 12.5. The van der Waals surface area contributed by atoms with Crippen molar-refractivity contribution in [1.82, 2.24) is 18.3 Å². The van der Waals surface area contributed by atoms with Crippen LogP contribution < -0.4 is 0 Å². The Morgan fingerprint density at radius 3 is 0.641 bits per heavy atom. The molecule has 4 heterocycles. The maximum atomic E-state index is 2.47. The third-order valence-corrected chi connectivity index (χ3v) is 17.0. The van der Waals surface area contributed by atoms with Gasteiger partial charge in [0.15, 0.2) is 0 Å². The Labute approximate surface area is 450 Å². The number of para-hydroxylation sites is 8. The largest absolute Gasteiger partial charge is 0.309 e. The van der Waals surface area contributed by atoms with E-state index in [2.05, 4.69) is 285 Å². The van der Waals surface area contributed by atoms with Gasteiger partial charge in [-0.3, -0.25) is 0 Å². The van der Waals surface area contributed by atoms with Crippen LogP contribution in [0.2, 0.25) is 0 Å². The van der Waals surface area contributed by atoms with Gasteiger partial charge in [0.25, 0.3) is 0 Å². The number of benzene rings is 12. The molecule has 0 atom stereocenters. The fourth-order valence-electron chi connectivity index (χ4n) is 13.6. The predicted octanol–water partition coefficient (Wildman–Crippen LogP) is 19.2. The molecule has 12 aromatic carbocycles. The standard InChI is InChI=1S/C74H48N4/c1-9-25-67-59(17-1)60-18-2-10-26-68(60)75(67)53-41-51(42-54(45-53)76-69-27-11-3-19-61(69)62-20-4-12-28-70(62)76)47-35-37-57-49(39-47)33-34-50-40-48(36-38-58(50)57)52-43-55(77-71-29-13-5-21-63(71)64-22-6-14-30-72(64)77)46-56(44-52)78-73-31-15-7-23-65(73)66-24-8-16-32-74(66)78/h1-32,35-46H,33-34H2. The minimum absolute atomic E-state index is 0.958. The number of aryl methyl sites for hydroxylation is 2. The molecular weight excluding hydrogens is 945 g/mol. The molecule has 364 valence electrons. The van der Waals surface area contributed by atoms with Crippen molar-refractivity contribution in [2.24, 2.45) is 0 Å². The Balaban J connectivity index is 0.820. The quantitative estimate of drug-likeness (QED) is 0.158. The summed E-state index contributed by atoms with van der Waals surface area (Å²) in [5, 5.41) is 10.1. The minimum atomic E-state index is 0.958. The molecule has 1 aliphatic carbocycles. The Morgan fingerprint density at radius 2 is 0.410 bits per heavy atom. The minimum Gasteiger partial charge on any atom is -0.309 e. The lowest BCUT2D eigenvalue weighted by molar-refractivity contribution is 0.943.